The molecule has 1 aliphatic rings. The average molecular weight is 443 g/mol. The zero-order valence-electron chi connectivity index (χ0n) is 12.1. The molecule has 1 fully saturated rings. The average Bonchev–Trinajstić information content (AvgIpc) is 2.77. The molecule has 0 radical (unpaired) electrons. The van der Waals surface area contributed by atoms with E-state index >= 15 is 0 Å². The minimum absolute atomic E-state index is 0.122. The molecule has 0 unspecified atom stereocenters. The smallest absolute Gasteiger partial charge is 0.268 e. The van der Waals surface area contributed by atoms with Gasteiger partial charge in [-0.05, 0) is 53.2 Å². The van der Waals surface area contributed by atoms with Gasteiger partial charge >= 0.3 is 0 Å². The van der Waals surface area contributed by atoms with Crippen molar-refractivity contribution in [3.8, 4) is 0 Å². The predicted octanol–water partition coefficient (Wildman–Crippen LogP) is 5.99. The second kappa shape index (κ2) is 7.31. The highest BCUT2D eigenvalue weighted by Crippen LogP contribution is 2.34. The van der Waals surface area contributed by atoms with Gasteiger partial charge in [-0.2, -0.15) is 0 Å². The Kier molecular flexibility index (Phi) is 5.35. The van der Waals surface area contributed by atoms with E-state index in [4.69, 9.17) is 23.2 Å². The summed E-state index contributed by atoms with van der Waals surface area (Å²) < 4.78 is 0.906. The molecule has 1 aliphatic heterocycles. The lowest BCUT2D eigenvalue weighted by molar-refractivity contribution is -0.123. The monoisotopic (exact) mass is 441 g/mol. The largest absolute Gasteiger partial charge is 0.293 e. The number of hydrogen-bond donors (Lipinski definition) is 0. The first kappa shape index (κ1) is 17.5. The molecule has 2 aromatic rings. The molecule has 3 nitrogen and oxygen atoms in total. The van der Waals surface area contributed by atoms with Gasteiger partial charge in [0.1, 0.15) is 0 Å². The summed E-state index contributed by atoms with van der Waals surface area (Å²) in [6.45, 7) is 0.122. The van der Waals surface area contributed by atoms with Crippen molar-refractivity contribution in [2.45, 2.75) is 6.54 Å². The van der Waals surface area contributed by atoms with E-state index in [1.165, 1.54) is 4.90 Å². The van der Waals surface area contributed by atoms with Crippen molar-refractivity contribution >= 4 is 68.1 Å². The van der Waals surface area contributed by atoms with Gasteiger partial charge in [0.25, 0.3) is 11.1 Å². The minimum Gasteiger partial charge on any atom is -0.268 e. The van der Waals surface area contributed by atoms with Crippen molar-refractivity contribution in [3.63, 3.8) is 0 Å². The van der Waals surface area contributed by atoms with Gasteiger partial charge in [-0.25, -0.2) is 0 Å². The van der Waals surface area contributed by atoms with Crippen LogP contribution in [-0.2, 0) is 11.3 Å². The Bertz CT molecular complexity index is 869. The van der Waals surface area contributed by atoms with Crippen LogP contribution in [-0.4, -0.2) is 16.0 Å². The van der Waals surface area contributed by atoms with Crippen LogP contribution in [0, 0.1) is 0 Å². The molecule has 0 aromatic heterocycles. The fourth-order valence-corrected chi connectivity index (χ4v) is 3.93. The summed E-state index contributed by atoms with van der Waals surface area (Å²) in [5.74, 6) is -0.323. The molecule has 0 saturated carbocycles. The van der Waals surface area contributed by atoms with E-state index < -0.39 is 0 Å². The van der Waals surface area contributed by atoms with Gasteiger partial charge in [-0.3, -0.25) is 14.5 Å². The van der Waals surface area contributed by atoms with E-state index in [9.17, 15) is 9.59 Å². The molecule has 3 rings (SSSR count). The van der Waals surface area contributed by atoms with E-state index in [-0.39, 0.29) is 17.7 Å². The maximum Gasteiger partial charge on any atom is 0.293 e. The van der Waals surface area contributed by atoms with Crippen LogP contribution in [0.5, 0.6) is 0 Å². The van der Waals surface area contributed by atoms with Crippen LogP contribution >= 0.6 is 50.9 Å². The Morgan fingerprint density at radius 1 is 1.12 bits per heavy atom. The fourth-order valence-electron chi connectivity index (χ4n) is 2.20. The Morgan fingerprint density at radius 2 is 1.92 bits per heavy atom. The van der Waals surface area contributed by atoms with Gasteiger partial charge in [-0.15, -0.1) is 0 Å². The first-order chi connectivity index (χ1) is 11.4. The zero-order valence-corrected chi connectivity index (χ0v) is 16.0. The topological polar surface area (TPSA) is 37.4 Å². The van der Waals surface area contributed by atoms with Gasteiger partial charge in [-0.1, -0.05) is 57.3 Å². The Hall–Kier alpha value is -1.27. The van der Waals surface area contributed by atoms with Gasteiger partial charge < -0.3 is 0 Å². The molecular formula is C17H10BrCl2NO2S. The molecule has 0 spiro atoms. The van der Waals surface area contributed by atoms with E-state index in [0.29, 0.717) is 20.5 Å². The van der Waals surface area contributed by atoms with Gasteiger partial charge in [0.05, 0.1) is 11.4 Å². The lowest BCUT2D eigenvalue weighted by atomic mass is 10.2. The Morgan fingerprint density at radius 3 is 2.62 bits per heavy atom. The van der Waals surface area contributed by atoms with Crippen molar-refractivity contribution < 1.29 is 9.59 Å². The van der Waals surface area contributed by atoms with Crippen LogP contribution in [0.3, 0.4) is 0 Å². The predicted molar refractivity (Wildman–Crippen MR) is 102 cm³/mol. The van der Waals surface area contributed by atoms with E-state index in [1.807, 2.05) is 24.3 Å². The highest BCUT2D eigenvalue weighted by Gasteiger charge is 2.35. The summed E-state index contributed by atoms with van der Waals surface area (Å²) >= 11 is 16.3. The number of carbonyl (C=O) groups excluding carboxylic acids is 2. The normalized spacial score (nSPS) is 16.3. The highest BCUT2D eigenvalue weighted by atomic mass is 79.9. The molecule has 2 aromatic carbocycles. The molecule has 0 bridgehead atoms. The summed E-state index contributed by atoms with van der Waals surface area (Å²) in [6, 6.07) is 12.5. The molecule has 1 saturated heterocycles. The molecule has 0 aliphatic carbocycles. The third-order valence-electron chi connectivity index (χ3n) is 3.36. The maximum absolute atomic E-state index is 12.5. The Labute approximate surface area is 161 Å². The molecule has 1 heterocycles. The SMILES string of the molecule is O=C1S/C(=C/c2cccc(Br)c2)C(=O)N1Cc1ccc(Cl)cc1Cl. The number of imide groups is 1. The zero-order chi connectivity index (χ0) is 17.3. The van der Waals surface area contributed by atoms with Crippen LogP contribution in [0.15, 0.2) is 51.8 Å². The fraction of sp³-hybridized carbons (Fsp3) is 0.0588. The first-order valence-electron chi connectivity index (χ1n) is 6.89. The molecule has 0 atom stereocenters. The first-order valence-corrected chi connectivity index (χ1v) is 9.25. The van der Waals surface area contributed by atoms with Crippen molar-refractivity contribution in [3.05, 3.63) is 73.0 Å². The van der Waals surface area contributed by atoms with Crippen LogP contribution in [0.4, 0.5) is 4.79 Å². The molecule has 24 heavy (non-hydrogen) atoms. The second-order valence-electron chi connectivity index (χ2n) is 5.06. The number of rotatable bonds is 3. The highest BCUT2D eigenvalue weighted by molar-refractivity contribution is 9.10. The molecule has 2 amide bonds. The van der Waals surface area contributed by atoms with Crippen LogP contribution in [0.2, 0.25) is 10.0 Å². The summed E-state index contributed by atoms with van der Waals surface area (Å²) in [5, 5.41) is 0.622. The van der Waals surface area contributed by atoms with Crippen molar-refractivity contribution in [2.75, 3.05) is 0 Å². The minimum atomic E-state index is -0.323. The third-order valence-corrected chi connectivity index (χ3v) is 5.35. The van der Waals surface area contributed by atoms with Gasteiger partial charge in [0, 0.05) is 14.5 Å². The van der Waals surface area contributed by atoms with Crippen LogP contribution in [0.25, 0.3) is 6.08 Å². The summed E-state index contributed by atoms with van der Waals surface area (Å²) in [5.41, 5.74) is 1.52. The summed E-state index contributed by atoms with van der Waals surface area (Å²) in [4.78, 5) is 26.3. The molecule has 0 N–H and O–H groups in total. The third kappa shape index (κ3) is 3.86. The van der Waals surface area contributed by atoms with Gasteiger partial charge in [0.2, 0.25) is 0 Å². The maximum atomic E-state index is 12.5. The Balaban J connectivity index is 1.84. The summed E-state index contributed by atoms with van der Waals surface area (Å²) in [6.07, 6.45) is 1.71. The number of amides is 2. The molecule has 7 heteroatoms. The standard InChI is InChI=1S/C17H10BrCl2NO2S/c18-12-3-1-2-10(6-12)7-15-16(22)21(17(23)24-15)9-11-4-5-13(19)8-14(11)20/h1-8H,9H2/b15-7+. The van der Waals surface area contributed by atoms with E-state index in [1.54, 1.807) is 24.3 Å². The van der Waals surface area contributed by atoms with E-state index in [2.05, 4.69) is 15.9 Å². The quantitative estimate of drug-likeness (QED) is 0.547. The number of nitrogens with zero attached hydrogens (tertiary/aromatic N) is 1. The number of thioether (sulfide) groups is 1. The van der Waals surface area contributed by atoms with Crippen molar-refractivity contribution in [1.82, 2.24) is 4.90 Å². The van der Waals surface area contributed by atoms with Crippen LogP contribution < -0.4 is 0 Å². The second-order valence-corrected chi connectivity index (χ2v) is 7.81. The van der Waals surface area contributed by atoms with Crippen LogP contribution in [0.1, 0.15) is 11.1 Å². The van der Waals surface area contributed by atoms with Crippen molar-refractivity contribution in [2.24, 2.45) is 0 Å². The molecular weight excluding hydrogens is 433 g/mol. The van der Waals surface area contributed by atoms with Gasteiger partial charge in [0.15, 0.2) is 0 Å². The number of carbonyl (C=O) groups is 2. The van der Waals surface area contributed by atoms with E-state index in [0.717, 1.165) is 21.8 Å². The number of halogens is 3. The lowest BCUT2D eigenvalue weighted by Crippen LogP contribution is -2.27. The summed E-state index contributed by atoms with van der Waals surface area (Å²) in [7, 11) is 0. The number of benzene rings is 2. The molecule has 122 valence electrons. The number of hydrogen-bond acceptors (Lipinski definition) is 3. The lowest BCUT2D eigenvalue weighted by Gasteiger charge is -2.13. The van der Waals surface area contributed by atoms with Crippen molar-refractivity contribution in [1.29, 1.82) is 0 Å².